The largest absolute Gasteiger partial charge is 0.432 e. The lowest BCUT2D eigenvalue weighted by Crippen LogP contribution is -2.34. The maximum Gasteiger partial charge on any atom is 0.336 e. The Labute approximate surface area is 124 Å². The number of hydrogen-bond donors (Lipinski definition) is 1. The summed E-state index contributed by atoms with van der Waals surface area (Å²) < 4.78 is 10.5. The Hall–Kier alpha value is -1.20. The molecule has 1 saturated heterocycles. The predicted molar refractivity (Wildman–Crippen MR) is 74.1 cm³/mol. The van der Waals surface area contributed by atoms with Gasteiger partial charge in [0.2, 0.25) is 6.29 Å². The van der Waals surface area contributed by atoms with Gasteiger partial charge in [-0.05, 0) is 11.8 Å². The van der Waals surface area contributed by atoms with E-state index in [9.17, 15) is 14.7 Å². The molecule has 0 aromatic rings. The van der Waals surface area contributed by atoms with Crippen LogP contribution in [0.2, 0.25) is 0 Å². The molecule has 2 aliphatic carbocycles. The van der Waals surface area contributed by atoms with E-state index >= 15 is 0 Å². The number of methoxy groups -OCH3 is 1. The van der Waals surface area contributed by atoms with Crippen LogP contribution >= 0.6 is 0 Å². The molecule has 0 spiro atoms. The van der Waals surface area contributed by atoms with Crippen molar-refractivity contribution in [3.05, 3.63) is 11.1 Å². The molecule has 5 unspecified atom stereocenters. The molecular formula is C16H22O5. The zero-order valence-electron chi connectivity index (χ0n) is 12.9. The lowest BCUT2D eigenvalue weighted by atomic mass is 9.81. The molecule has 1 aliphatic heterocycles. The molecule has 116 valence electrons. The van der Waals surface area contributed by atoms with E-state index in [0.717, 1.165) is 5.57 Å². The van der Waals surface area contributed by atoms with Crippen LogP contribution in [0.15, 0.2) is 11.1 Å². The Bertz CT molecular complexity index is 533. The van der Waals surface area contributed by atoms with Crippen molar-refractivity contribution in [2.24, 2.45) is 23.2 Å². The molecule has 0 bridgehead atoms. The van der Waals surface area contributed by atoms with Crippen molar-refractivity contribution in [2.75, 3.05) is 7.11 Å². The number of hydrogen-bond acceptors (Lipinski definition) is 5. The molecule has 2 fully saturated rings. The van der Waals surface area contributed by atoms with Crippen LogP contribution < -0.4 is 0 Å². The zero-order valence-corrected chi connectivity index (χ0v) is 12.9. The third kappa shape index (κ3) is 1.98. The molecule has 1 N–H and O–H groups in total. The van der Waals surface area contributed by atoms with Crippen LogP contribution in [-0.2, 0) is 19.1 Å². The van der Waals surface area contributed by atoms with Gasteiger partial charge in [-0.15, -0.1) is 0 Å². The van der Waals surface area contributed by atoms with E-state index in [2.05, 4.69) is 0 Å². The number of cyclic esters (lactones) is 1. The monoisotopic (exact) mass is 294 g/mol. The number of aliphatic hydroxyl groups is 1. The van der Waals surface area contributed by atoms with Gasteiger partial charge >= 0.3 is 5.97 Å². The fourth-order valence-electron chi connectivity index (χ4n) is 4.16. The second-order valence-electron chi connectivity index (χ2n) is 7.15. The van der Waals surface area contributed by atoms with Gasteiger partial charge in [-0.1, -0.05) is 26.3 Å². The van der Waals surface area contributed by atoms with E-state index in [-0.39, 0.29) is 35.4 Å². The van der Waals surface area contributed by atoms with Gasteiger partial charge in [0.1, 0.15) is 5.78 Å². The summed E-state index contributed by atoms with van der Waals surface area (Å²) in [6, 6.07) is 0. The van der Waals surface area contributed by atoms with Crippen molar-refractivity contribution in [3.8, 4) is 0 Å². The van der Waals surface area contributed by atoms with Gasteiger partial charge in [-0.25, -0.2) is 4.79 Å². The number of fused-ring (bicyclic) bond motifs is 2. The van der Waals surface area contributed by atoms with Gasteiger partial charge in [0, 0.05) is 30.9 Å². The van der Waals surface area contributed by atoms with Crippen molar-refractivity contribution < 1.29 is 24.2 Å². The molecule has 0 aromatic carbocycles. The molecule has 1 saturated carbocycles. The van der Waals surface area contributed by atoms with E-state index in [1.807, 2.05) is 20.8 Å². The first-order valence-electron chi connectivity index (χ1n) is 7.45. The Morgan fingerprint density at radius 1 is 1.33 bits per heavy atom. The van der Waals surface area contributed by atoms with E-state index < -0.39 is 18.4 Å². The fourth-order valence-corrected chi connectivity index (χ4v) is 4.16. The van der Waals surface area contributed by atoms with Gasteiger partial charge in [0.05, 0.1) is 12.0 Å². The van der Waals surface area contributed by atoms with E-state index in [0.29, 0.717) is 12.0 Å². The lowest BCUT2D eigenvalue weighted by Gasteiger charge is -2.28. The minimum atomic E-state index is -0.684. The van der Waals surface area contributed by atoms with Crippen LogP contribution in [0.3, 0.4) is 0 Å². The summed E-state index contributed by atoms with van der Waals surface area (Å²) in [5.41, 5.74) is 1.14. The van der Waals surface area contributed by atoms with Crippen LogP contribution in [0.25, 0.3) is 0 Å². The van der Waals surface area contributed by atoms with Gasteiger partial charge in [0.15, 0.2) is 0 Å². The standard InChI is InChI=1S/C16H22O5/c1-7-10(17)5-8-12(14(19)21-15(8)20-4)9-6-16(2,3)13(18)11(7)9/h7-8,11,13,15,18H,5-6H2,1-4H3. The third-order valence-corrected chi connectivity index (χ3v) is 5.38. The second kappa shape index (κ2) is 4.65. The number of ether oxygens (including phenoxy) is 2. The maximum atomic E-state index is 12.5. The van der Waals surface area contributed by atoms with Crippen molar-refractivity contribution in [1.29, 1.82) is 0 Å². The number of esters is 1. The summed E-state index contributed by atoms with van der Waals surface area (Å²) in [5, 5.41) is 10.6. The first-order valence-corrected chi connectivity index (χ1v) is 7.45. The SMILES string of the molecule is COC1OC(=O)C2=C3CC(C)(C)C(O)C3C(C)C(=O)CC21. The van der Waals surface area contributed by atoms with Gasteiger partial charge in [-0.3, -0.25) is 4.79 Å². The molecule has 3 aliphatic rings. The molecule has 5 atom stereocenters. The Kier molecular flexibility index (Phi) is 3.26. The first-order chi connectivity index (χ1) is 9.77. The average molecular weight is 294 g/mol. The number of ketones is 1. The summed E-state index contributed by atoms with van der Waals surface area (Å²) in [5.74, 6) is -1.22. The molecule has 21 heavy (non-hydrogen) atoms. The quantitative estimate of drug-likeness (QED) is 0.741. The van der Waals surface area contributed by atoms with Crippen molar-refractivity contribution in [2.45, 2.75) is 46.0 Å². The number of rotatable bonds is 1. The molecule has 3 rings (SSSR count). The van der Waals surface area contributed by atoms with Gasteiger partial charge in [0.25, 0.3) is 0 Å². The number of carbonyl (C=O) groups is 2. The molecule has 1 heterocycles. The topological polar surface area (TPSA) is 72.8 Å². The molecule has 0 aromatic heterocycles. The van der Waals surface area contributed by atoms with Crippen molar-refractivity contribution in [1.82, 2.24) is 0 Å². The number of carbonyl (C=O) groups excluding carboxylic acids is 2. The van der Waals surface area contributed by atoms with E-state index in [1.54, 1.807) is 0 Å². The smallest absolute Gasteiger partial charge is 0.336 e. The molecule has 0 amide bonds. The zero-order chi connectivity index (χ0) is 15.5. The van der Waals surface area contributed by atoms with Crippen LogP contribution in [-0.4, -0.2) is 36.4 Å². The maximum absolute atomic E-state index is 12.5. The summed E-state index contributed by atoms with van der Waals surface area (Å²) in [7, 11) is 1.48. The fraction of sp³-hybridized carbons (Fsp3) is 0.750. The summed E-state index contributed by atoms with van der Waals surface area (Å²) in [6.07, 6.45) is -0.440. The summed E-state index contributed by atoms with van der Waals surface area (Å²) in [6.45, 7) is 5.80. The van der Waals surface area contributed by atoms with Gasteiger partial charge < -0.3 is 14.6 Å². The van der Waals surface area contributed by atoms with Crippen molar-refractivity contribution >= 4 is 11.8 Å². The van der Waals surface area contributed by atoms with Gasteiger partial charge in [-0.2, -0.15) is 0 Å². The lowest BCUT2D eigenvalue weighted by molar-refractivity contribution is -0.162. The predicted octanol–water partition coefficient (Wildman–Crippen LogP) is 1.44. The summed E-state index contributed by atoms with van der Waals surface area (Å²) >= 11 is 0. The molecule has 5 nitrogen and oxygen atoms in total. The molecule has 0 radical (unpaired) electrons. The van der Waals surface area contributed by atoms with Crippen LogP contribution in [0, 0.1) is 23.2 Å². The minimum Gasteiger partial charge on any atom is -0.432 e. The highest BCUT2D eigenvalue weighted by molar-refractivity contribution is 5.95. The van der Waals surface area contributed by atoms with Crippen LogP contribution in [0.4, 0.5) is 0 Å². The first kappa shape index (κ1) is 14.7. The summed E-state index contributed by atoms with van der Waals surface area (Å²) in [4.78, 5) is 24.7. The van der Waals surface area contributed by atoms with Crippen molar-refractivity contribution in [3.63, 3.8) is 0 Å². The Balaban J connectivity index is 2.16. The minimum absolute atomic E-state index is 0.0644. The number of aliphatic hydroxyl groups excluding tert-OH is 1. The van der Waals surface area contributed by atoms with E-state index in [1.165, 1.54) is 7.11 Å². The van der Waals surface area contributed by atoms with E-state index in [4.69, 9.17) is 9.47 Å². The average Bonchev–Trinajstić information content (AvgIpc) is 2.80. The highest BCUT2D eigenvalue weighted by atomic mass is 16.7. The third-order valence-electron chi connectivity index (χ3n) is 5.38. The Morgan fingerprint density at radius 3 is 2.62 bits per heavy atom. The second-order valence-corrected chi connectivity index (χ2v) is 7.15. The highest BCUT2D eigenvalue weighted by Crippen LogP contribution is 2.53. The normalized spacial score (nSPS) is 41.7. The van der Waals surface area contributed by atoms with Crippen LogP contribution in [0.5, 0.6) is 0 Å². The molecular weight excluding hydrogens is 272 g/mol. The highest BCUT2D eigenvalue weighted by Gasteiger charge is 2.55. The number of Topliss-reactive ketones (excluding diaryl/α,β-unsaturated/α-hetero) is 1. The molecule has 5 heteroatoms. The Morgan fingerprint density at radius 2 is 2.00 bits per heavy atom. The van der Waals surface area contributed by atoms with Crippen LogP contribution in [0.1, 0.15) is 33.6 Å².